The number of rotatable bonds is 6. The second-order valence-corrected chi connectivity index (χ2v) is 17.3. The van der Waals surface area contributed by atoms with Gasteiger partial charge in [0, 0.05) is 17.4 Å². The number of Topliss-reactive ketones (excluding diaryl/α,β-unsaturated/α-hetero) is 1. The summed E-state index contributed by atoms with van der Waals surface area (Å²) in [6.45, 7) is 23.0. The van der Waals surface area contributed by atoms with E-state index < -0.39 is 6.04 Å². The minimum absolute atomic E-state index is 0.159. The van der Waals surface area contributed by atoms with Crippen LogP contribution in [0.4, 0.5) is 4.79 Å². The van der Waals surface area contributed by atoms with Crippen LogP contribution in [0.25, 0.3) is 0 Å². The van der Waals surface area contributed by atoms with Gasteiger partial charge in [-0.3, -0.25) is 4.79 Å². The fourth-order valence-electron chi connectivity index (χ4n) is 12.4. The number of hydrogen-bond donors (Lipinski definition) is 2. The zero-order valence-corrected chi connectivity index (χ0v) is 28.7. The average Bonchev–Trinajstić information content (AvgIpc) is 3.30. The lowest BCUT2D eigenvalue weighted by atomic mass is 9.32. The zero-order chi connectivity index (χ0) is 31.8. The molecule has 6 heteroatoms. The second kappa shape index (κ2) is 10.9. The van der Waals surface area contributed by atoms with Crippen LogP contribution in [0.2, 0.25) is 0 Å². The Labute approximate surface area is 261 Å². The van der Waals surface area contributed by atoms with Crippen molar-refractivity contribution in [2.75, 3.05) is 7.11 Å². The van der Waals surface area contributed by atoms with Crippen LogP contribution in [0.1, 0.15) is 126 Å². The summed E-state index contributed by atoms with van der Waals surface area (Å²) in [5.74, 6) is 2.61. The molecule has 5 saturated carbocycles. The fraction of sp³-hybridized carbons (Fsp3) is 0.865. The molecule has 0 aromatic rings. The molecule has 0 aliphatic heterocycles. The van der Waals surface area contributed by atoms with Crippen LogP contribution in [0.3, 0.4) is 0 Å². The van der Waals surface area contributed by atoms with Crippen molar-refractivity contribution >= 4 is 17.8 Å². The Balaban J connectivity index is 1.46. The third-order valence-electron chi connectivity index (χ3n) is 14.7. The number of nitrogens with one attached hydrogen (secondary N) is 2. The van der Waals surface area contributed by atoms with Gasteiger partial charge in [-0.1, -0.05) is 60.6 Å². The molecule has 6 nitrogen and oxygen atoms in total. The van der Waals surface area contributed by atoms with Crippen molar-refractivity contribution < 1.29 is 19.1 Å². The molecule has 10 atom stereocenters. The van der Waals surface area contributed by atoms with E-state index in [4.69, 9.17) is 4.74 Å². The molecule has 2 N–H and O–H groups in total. The number of fused-ring (bicyclic) bond motifs is 7. The quantitative estimate of drug-likeness (QED) is 0.242. The van der Waals surface area contributed by atoms with Gasteiger partial charge in [-0.25, -0.2) is 9.59 Å². The molecule has 43 heavy (non-hydrogen) atoms. The van der Waals surface area contributed by atoms with E-state index in [0.29, 0.717) is 41.8 Å². The summed E-state index contributed by atoms with van der Waals surface area (Å²) in [5.41, 5.74) is 1.25. The average molecular weight is 597 g/mol. The zero-order valence-electron chi connectivity index (χ0n) is 28.7. The van der Waals surface area contributed by atoms with Crippen molar-refractivity contribution in [2.45, 2.75) is 138 Å². The van der Waals surface area contributed by atoms with Crippen LogP contribution >= 0.6 is 0 Å². The highest BCUT2D eigenvalue weighted by Gasteiger charge is 2.71. The molecule has 0 spiro atoms. The Kier molecular flexibility index (Phi) is 8.25. The van der Waals surface area contributed by atoms with Gasteiger partial charge in [-0.2, -0.15) is 0 Å². The van der Waals surface area contributed by atoms with Gasteiger partial charge in [-0.05, 0) is 123 Å². The van der Waals surface area contributed by atoms with Gasteiger partial charge in [0.15, 0.2) is 0 Å². The molecule has 0 aromatic heterocycles. The molecule has 5 rings (SSSR count). The summed E-state index contributed by atoms with van der Waals surface area (Å²) in [6.07, 6.45) is 11.1. The topological polar surface area (TPSA) is 84.5 Å². The van der Waals surface area contributed by atoms with E-state index >= 15 is 0 Å². The van der Waals surface area contributed by atoms with Crippen LogP contribution in [-0.4, -0.2) is 36.5 Å². The molecule has 5 fully saturated rings. The summed E-state index contributed by atoms with van der Waals surface area (Å²) >= 11 is 0. The molecule has 0 heterocycles. The van der Waals surface area contributed by atoms with Gasteiger partial charge in [0.2, 0.25) is 0 Å². The molecular weight excluding hydrogens is 536 g/mol. The third kappa shape index (κ3) is 4.82. The molecule has 5 aliphatic carbocycles. The Morgan fingerprint density at radius 3 is 2.26 bits per heavy atom. The van der Waals surface area contributed by atoms with E-state index in [2.05, 4.69) is 72.6 Å². The molecule has 0 saturated heterocycles. The minimum atomic E-state index is -0.649. The number of hydrogen-bond acceptors (Lipinski definition) is 4. The number of carbonyl (C=O) groups is 3. The molecule has 0 radical (unpaired) electrons. The maximum Gasteiger partial charge on any atom is 0.328 e. The Hall–Kier alpha value is -1.85. The molecule has 2 amide bonds. The highest BCUT2D eigenvalue weighted by Crippen LogP contribution is 2.76. The van der Waals surface area contributed by atoms with E-state index in [1.54, 1.807) is 0 Å². The summed E-state index contributed by atoms with van der Waals surface area (Å²) < 4.78 is 5.04. The number of amides is 2. The van der Waals surface area contributed by atoms with Crippen LogP contribution in [-0.2, 0) is 14.3 Å². The normalized spacial score (nSPS) is 43.9. The molecule has 0 bridgehead atoms. The molecule has 242 valence electrons. The Morgan fingerprint density at radius 1 is 0.930 bits per heavy atom. The largest absolute Gasteiger partial charge is 0.467 e. The summed E-state index contributed by atoms with van der Waals surface area (Å²) in [5, 5.41) is 6.53. The van der Waals surface area contributed by atoms with E-state index in [1.807, 2.05) is 0 Å². The third-order valence-corrected chi connectivity index (χ3v) is 14.7. The standard InChI is InChI=1S/C37H60N2O4/c1-22(2)21-26(31(41)43-10)38-32(42)39-37-18-13-24(23(3)4)30(37)25-11-12-28-34(7)16-15-29(40)33(5,6)27(34)14-17-36(28,9)35(25,8)19-20-37/h22,24-28,30H,3,11-21H2,1-2,4-10H3,(H2,38,39,42)/t24-,25+,26+,27-,28+,30+,34-,35-,36+,37-/m0/s1. The maximum atomic E-state index is 13.7. The molecular formula is C37H60N2O4. The number of esters is 1. The number of ketones is 1. The van der Waals surface area contributed by atoms with Gasteiger partial charge in [0.05, 0.1) is 7.11 Å². The number of methoxy groups -OCH3 is 1. The lowest BCUT2D eigenvalue weighted by molar-refractivity contribution is -0.228. The van der Waals surface area contributed by atoms with Gasteiger partial charge < -0.3 is 15.4 Å². The lowest BCUT2D eigenvalue weighted by Crippen LogP contribution is -2.69. The van der Waals surface area contributed by atoms with Crippen LogP contribution in [0.15, 0.2) is 12.2 Å². The lowest BCUT2D eigenvalue weighted by Gasteiger charge is -2.72. The van der Waals surface area contributed by atoms with Crippen molar-refractivity contribution in [1.29, 1.82) is 0 Å². The molecule has 5 aliphatic rings. The summed E-state index contributed by atoms with van der Waals surface area (Å²) in [4.78, 5) is 39.3. The van der Waals surface area contributed by atoms with Crippen molar-refractivity contribution in [3.8, 4) is 0 Å². The van der Waals surface area contributed by atoms with Gasteiger partial charge in [0.1, 0.15) is 11.8 Å². The van der Waals surface area contributed by atoms with E-state index in [9.17, 15) is 14.4 Å². The van der Waals surface area contributed by atoms with E-state index in [0.717, 1.165) is 44.9 Å². The van der Waals surface area contributed by atoms with Crippen LogP contribution in [0, 0.1) is 57.2 Å². The van der Waals surface area contributed by atoms with Gasteiger partial charge in [0.25, 0.3) is 0 Å². The van der Waals surface area contributed by atoms with Gasteiger partial charge >= 0.3 is 12.0 Å². The summed E-state index contributed by atoms with van der Waals surface area (Å²) in [7, 11) is 1.39. The number of carbonyl (C=O) groups excluding carboxylic acids is 3. The predicted molar refractivity (Wildman–Crippen MR) is 171 cm³/mol. The van der Waals surface area contributed by atoms with Crippen LogP contribution < -0.4 is 10.6 Å². The SMILES string of the molecule is C=C(C)[C@@H]1CC[C@]2(NC(=O)N[C@H](CC(C)C)C(=O)OC)CC[C@@]3(C)[C@H](CC[C@@H]4[C@@]5(C)CCC(=O)C(C)(C)[C@@H]5CC[C@]43C)[C@@H]12. The first-order valence-corrected chi connectivity index (χ1v) is 17.3. The van der Waals surface area contributed by atoms with E-state index in [1.165, 1.54) is 31.9 Å². The second-order valence-electron chi connectivity index (χ2n) is 17.3. The van der Waals surface area contributed by atoms with E-state index in [-0.39, 0.29) is 45.1 Å². The van der Waals surface area contributed by atoms with Gasteiger partial charge in [-0.15, -0.1) is 0 Å². The monoisotopic (exact) mass is 596 g/mol. The summed E-state index contributed by atoms with van der Waals surface area (Å²) in [6, 6.07) is -0.891. The highest BCUT2D eigenvalue weighted by molar-refractivity contribution is 5.85. The fourth-order valence-corrected chi connectivity index (χ4v) is 12.4. The van der Waals surface area contributed by atoms with Crippen molar-refractivity contribution in [2.24, 2.45) is 57.2 Å². The van der Waals surface area contributed by atoms with Crippen molar-refractivity contribution in [3.63, 3.8) is 0 Å². The first-order valence-electron chi connectivity index (χ1n) is 17.3. The van der Waals surface area contributed by atoms with Crippen molar-refractivity contribution in [3.05, 3.63) is 12.2 Å². The smallest absolute Gasteiger partial charge is 0.328 e. The number of ether oxygens (including phenoxy) is 1. The Morgan fingerprint density at radius 2 is 1.63 bits per heavy atom. The minimum Gasteiger partial charge on any atom is -0.467 e. The predicted octanol–water partition coefficient (Wildman–Crippen LogP) is 7.85. The number of allylic oxidation sites excluding steroid dienone is 1. The molecule has 0 aromatic carbocycles. The van der Waals surface area contributed by atoms with Crippen molar-refractivity contribution in [1.82, 2.24) is 10.6 Å². The first-order chi connectivity index (χ1) is 20.0. The number of urea groups is 1. The van der Waals surface area contributed by atoms with Crippen LogP contribution in [0.5, 0.6) is 0 Å². The Bertz CT molecular complexity index is 1160. The first kappa shape index (κ1) is 32.5. The maximum absolute atomic E-state index is 13.7. The molecule has 0 unspecified atom stereocenters. The highest BCUT2D eigenvalue weighted by atomic mass is 16.5.